The lowest BCUT2D eigenvalue weighted by Crippen LogP contribution is -2.30. The summed E-state index contributed by atoms with van der Waals surface area (Å²) in [7, 11) is 0. The van der Waals surface area contributed by atoms with E-state index in [9.17, 15) is 4.79 Å². The van der Waals surface area contributed by atoms with Crippen molar-refractivity contribution in [3.8, 4) is 0 Å². The fraction of sp³-hybridized carbons (Fsp3) is 0.846. The Balaban J connectivity index is 1.92. The third-order valence-electron chi connectivity index (χ3n) is 3.44. The van der Waals surface area contributed by atoms with Crippen molar-refractivity contribution in [1.82, 2.24) is 5.43 Å². The fourth-order valence-electron chi connectivity index (χ4n) is 2.77. The molecule has 90 valence electrons. The molecule has 1 N–H and O–H groups in total. The Morgan fingerprint density at radius 1 is 1.44 bits per heavy atom. The van der Waals surface area contributed by atoms with Gasteiger partial charge in [-0.2, -0.15) is 5.10 Å². The molecule has 2 fully saturated rings. The highest BCUT2D eigenvalue weighted by molar-refractivity contribution is 5.88. The quantitative estimate of drug-likeness (QED) is 0.717. The minimum Gasteiger partial charge on any atom is -0.273 e. The second-order valence-corrected chi connectivity index (χ2v) is 6.28. The molecule has 1 amide bonds. The second kappa shape index (κ2) is 4.19. The number of amides is 1. The first-order chi connectivity index (χ1) is 7.46. The van der Waals surface area contributed by atoms with Crippen molar-refractivity contribution in [2.24, 2.45) is 22.4 Å². The summed E-state index contributed by atoms with van der Waals surface area (Å²) in [6.07, 6.45) is 5.39. The zero-order valence-corrected chi connectivity index (χ0v) is 10.5. The largest absolute Gasteiger partial charge is 0.273 e. The maximum Gasteiger partial charge on any atom is 0.243 e. The Labute approximate surface area is 97.7 Å². The van der Waals surface area contributed by atoms with E-state index in [1.54, 1.807) is 0 Å². The molecule has 0 aliphatic heterocycles. The molecule has 0 radical (unpaired) electrons. The van der Waals surface area contributed by atoms with Gasteiger partial charge < -0.3 is 0 Å². The van der Waals surface area contributed by atoms with Crippen LogP contribution < -0.4 is 5.43 Å². The fourth-order valence-corrected chi connectivity index (χ4v) is 2.77. The highest BCUT2D eigenvalue weighted by atomic mass is 16.2. The minimum absolute atomic E-state index is 0.114. The minimum atomic E-state index is 0.114. The zero-order chi connectivity index (χ0) is 11.8. The molecule has 2 rings (SSSR count). The van der Waals surface area contributed by atoms with Crippen LogP contribution in [0.5, 0.6) is 0 Å². The van der Waals surface area contributed by atoms with Crippen molar-refractivity contribution in [2.75, 3.05) is 0 Å². The molecule has 0 aromatic heterocycles. The van der Waals surface area contributed by atoms with Gasteiger partial charge in [-0.1, -0.05) is 20.8 Å². The SMILES string of the molecule is CC1CC(=NNC(=O)C2CC2)CC(C)(C)C1. The molecule has 1 unspecified atom stereocenters. The van der Waals surface area contributed by atoms with Crippen molar-refractivity contribution >= 4 is 11.6 Å². The summed E-state index contributed by atoms with van der Waals surface area (Å²) >= 11 is 0. The van der Waals surface area contributed by atoms with Gasteiger partial charge in [0.05, 0.1) is 0 Å². The summed E-state index contributed by atoms with van der Waals surface area (Å²) < 4.78 is 0. The molecular weight excluding hydrogens is 200 g/mol. The Bertz CT molecular complexity index is 316. The molecule has 2 saturated carbocycles. The van der Waals surface area contributed by atoms with Crippen LogP contribution in [0.1, 0.15) is 52.9 Å². The lowest BCUT2D eigenvalue weighted by atomic mass is 9.72. The third kappa shape index (κ3) is 3.06. The van der Waals surface area contributed by atoms with Crippen LogP contribution in [0.15, 0.2) is 5.10 Å². The number of carbonyl (C=O) groups excluding carboxylic acids is 1. The van der Waals surface area contributed by atoms with Gasteiger partial charge in [0.15, 0.2) is 0 Å². The third-order valence-corrected chi connectivity index (χ3v) is 3.44. The van der Waals surface area contributed by atoms with Gasteiger partial charge in [0.25, 0.3) is 0 Å². The predicted molar refractivity (Wildman–Crippen MR) is 65.1 cm³/mol. The first-order valence-electron chi connectivity index (χ1n) is 6.31. The number of hydrazone groups is 1. The maximum absolute atomic E-state index is 11.5. The van der Waals surface area contributed by atoms with Crippen LogP contribution in [0, 0.1) is 17.3 Å². The number of carbonyl (C=O) groups is 1. The molecule has 0 saturated heterocycles. The van der Waals surface area contributed by atoms with Crippen LogP contribution in [0.3, 0.4) is 0 Å². The molecule has 0 bridgehead atoms. The first kappa shape index (κ1) is 11.6. The van der Waals surface area contributed by atoms with Gasteiger partial charge in [-0.3, -0.25) is 4.79 Å². The van der Waals surface area contributed by atoms with Gasteiger partial charge in [-0.05, 0) is 43.4 Å². The normalized spacial score (nSPS) is 31.4. The molecule has 3 nitrogen and oxygen atoms in total. The second-order valence-electron chi connectivity index (χ2n) is 6.28. The van der Waals surface area contributed by atoms with Crippen molar-refractivity contribution < 1.29 is 4.79 Å². The molecule has 2 aliphatic carbocycles. The molecule has 0 spiro atoms. The lowest BCUT2D eigenvalue weighted by Gasteiger charge is -2.34. The predicted octanol–water partition coefficient (Wildman–Crippen LogP) is 2.71. The van der Waals surface area contributed by atoms with Crippen LogP contribution in [-0.4, -0.2) is 11.6 Å². The van der Waals surface area contributed by atoms with Gasteiger partial charge >= 0.3 is 0 Å². The molecule has 0 heterocycles. The van der Waals surface area contributed by atoms with Crippen LogP contribution in [0.25, 0.3) is 0 Å². The smallest absolute Gasteiger partial charge is 0.243 e. The number of nitrogens with zero attached hydrogens (tertiary/aromatic N) is 1. The monoisotopic (exact) mass is 222 g/mol. The van der Waals surface area contributed by atoms with E-state index in [4.69, 9.17) is 0 Å². The van der Waals surface area contributed by atoms with E-state index in [0.717, 1.165) is 31.4 Å². The summed E-state index contributed by atoms with van der Waals surface area (Å²) in [5, 5.41) is 4.31. The standard InChI is InChI=1S/C13H22N2O/c1-9-6-11(8-13(2,3)7-9)14-15-12(16)10-4-5-10/h9-10H,4-8H2,1-3H3,(H,15,16). The van der Waals surface area contributed by atoms with Gasteiger partial charge in [0, 0.05) is 11.6 Å². The van der Waals surface area contributed by atoms with Crippen LogP contribution >= 0.6 is 0 Å². The molecule has 0 aromatic rings. The van der Waals surface area contributed by atoms with Gasteiger partial charge in [-0.15, -0.1) is 0 Å². The summed E-state index contributed by atoms with van der Waals surface area (Å²) in [6.45, 7) is 6.82. The van der Waals surface area contributed by atoms with Crippen LogP contribution in [-0.2, 0) is 4.79 Å². The topological polar surface area (TPSA) is 41.5 Å². The summed E-state index contributed by atoms with van der Waals surface area (Å²) in [4.78, 5) is 11.5. The van der Waals surface area contributed by atoms with Crippen molar-refractivity contribution in [2.45, 2.75) is 52.9 Å². The number of hydrogen-bond donors (Lipinski definition) is 1. The van der Waals surface area contributed by atoms with Gasteiger partial charge in [-0.25, -0.2) is 5.43 Å². The number of hydrogen-bond acceptors (Lipinski definition) is 2. The van der Waals surface area contributed by atoms with Crippen molar-refractivity contribution in [3.05, 3.63) is 0 Å². The molecule has 0 aromatic carbocycles. The summed E-state index contributed by atoms with van der Waals surface area (Å²) in [5.74, 6) is 1.04. The molecule has 16 heavy (non-hydrogen) atoms. The van der Waals surface area contributed by atoms with Crippen LogP contribution in [0.4, 0.5) is 0 Å². The van der Waals surface area contributed by atoms with Crippen molar-refractivity contribution in [1.29, 1.82) is 0 Å². The summed E-state index contributed by atoms with van der Waals surface area (Å²) in [6, 6.07) is 0. The van der Waals surface area contributed by atoms with E-state index in [1.165, 1.54) is 6.42 Å². The van der Waals surface area contributed by atoms with E-state index in [-0.39, 0.29) is 11.8 Å². The Hall–Kier alpha value is -0.860. The van der Waals surface area contributed by atoms with E-state index in [1.807, 2.05) is 0 Å². The Morgan fingerprint density at radius 2 is 2.12 bits per heavy atom. The van der Waals surface area contributed by atoms with Crippen molar-refractivity contribution in [3.63, 3.8) is 0 Å². The Kier molecular flexibility index (Phi) is 3.04. The van der Waals surface area contributed by atoms with E-state index < -0.39 is 0 Å². The zero-order valence-electron chi connectivity index (χ0n) is 10.5. The molecule has 1 atom stereocenters. The number of rotatable bonds is 2. The highest BCUT2D eigenvalue weighted by Gasteiger charge is 2.31. The maximum atomic E-state index is 11.5. The number of nitrogens with one attached hydrogen (secondary N) is 1. The van der Waals surface area contributed by atoms with E-state index in [0.29, 0.717) is 11.3 Å². The summed E-state index contributed by atoms with van der Waals surface area (Å²) in [5.41, 5.74) is 4.22. The first-order valence-corrected chi connectivity index (χ1v) is 6.31. The molecule has 3 heteroatoms. The molecule has 2 aliphatic rings. The van der Waals surface area contributed by atoms with Gasteiger partial charge in [0.1, 0.15) is 0 Å². The van der Waals surface area contributed by atoms with E-state index in [2.05, 4.69) is 31.3 Å². The van der Waals surface area contributed by atoms with Crippen LogP contribution in [0.2, 0.25) is 0 Å². The average molecular weight is 222 g/mol. The lowest BCUT2D eigenvalue weighted by molar-refractivity contribution is -0.122. The van der Waals surface area contributed by atoms with E-state index >= 15 is 0 Å². The van der Waals surface area contributed by atoms with Gasteiger partial charge in [0.2, 0.25) is 5.91 Å². The average Bonchev–Trinajstić information content (AvgIpc) is 2.93. The highest BCUT2D eigenvalue weighted by Crippen LogP contribution is 2.37. The molecular formula is C13H22N2O. The Morgan fingerprint density at radius 3 is 2.69 bits per heavy atom.